The second-order valence-corrected chi connectivity index (χ2v) is 5.61. The van der Waals surface area contributed by atoms with Gasteiger partial charge in [-0.3, -0.25) is 4.79 Å². The molecule has 7 heteroatoms. The maximum Gasteiger partial charge on any atom is 0.319 e. The number of carbonyl (C=O) groups is 2. The molecule has 0 unspecified atom stereocenters. The Kier molecular flexibility index (Phi) is 3.74. The Hall–Kier alpha value is -3.48. The molecule has 3 amide bonds. The highest BCUT2D eigenvalue weighted by Gasteiger charge is 2.16. The fraction of sp³-hybridized carbons (Fsp3) is 0.111. The Morgan fingerprint density at radius 1 is 1.16 bits per heavy atom. The number of para-hydroxylation sites is 1. The Labute approximate surface area is 143 Å². The number of amides is 3. The number of carbonyl (C=O) groups excluding carboxylic acids is 2. The molecule has 4 rings (SSSR count). The summed E-state index contributed by atoms with van der Waals surface area (Å²) in [5, 5.41) is 9.15. The number of benzene rings is 2. The first-order valence-electron chi connectivity index (χ1n) is 7.76. The lowest BCUT2D eigenvalue weighted by atomic mass is 10.2. The molecule has 2 heterocycles. The van der Waals surface area contributed by atoms with Gasteiger partial charge < -0.3 is 25.1 Å². The van der Waals surface area contributed by atoms with Gasteiger partial charge in [0.1, 0.15) is 17.1 Å². The van der Waals surface area contributed by atoms with Crippen LogP contribution in [0.15, 0.2) is 52.9 Å². The number of nitrogens with one attached hydrogen (secondary N) is 3. The molecule has 0 spiro atoms. The zero-order valence-electron chi connectivity index (χ0n) is 13.2. The van der Waals surface area contributed by atoms with Crippen molar-refractivity contribution in [3.8, 4) is 5.75 Å². The van der Waals surface area contributed by atoms with E-state index in [2.05, 4.69) is 16.0 Å². The summed E-state index contributed by atoms with van der Waals surface area (Å²) in [5.74, 6) is 0.999. The molecule has 0 aliphatic carbocycles. The van der Waals surface area contributed by atoms with Crippen LogP contribution in [0.2, 0.25) is 0 Å². The number of fused-ring (bicyclic) bond motifs is 2. The van der Waals surface area contributed by atoms with Gasteiger partial charge in [-0.15, -0.1) is 0 Å². The fourth-order valence-corrected chi connectivity index (χ4v) is 2.62. The second-order valence-electron chi connectivity index (χ2n) is 5.61. The quantitative estimate of drug-likeness (QED) is 0.685. The number of hydrogen-bond donors (Lipinski definition) is 3. The highest BCUT2D eigenvalue weighted by atomic mass is 16.5. The van der Waals surface area contributed by atoms with Gasteiger partial charge in [-0.05, 0) is 24.3 Å². The number of anilines is 2. The van der Waals surface area contributed by atoms with Crippen molar-refractivity contribution in [3.05, 3.63) is 54.3 Å². The highest BCUT2D eigenvalue weighted by Crippen LogP contribution is 2.30. The van der Waals surface area contributed by atoms with Crippen molar-refractivity contribution in [2.75, 3.05) is 17.2 Å². The third-order valence-corrected chi connectivity index (χ3v) is 3.77. The van der Waals surface area contributed by atoms with Crippen LogP contribution in [0.5, 0.6) is 5.75 Å². The van der Waals surface area contributed by atoms with E-state index in [0.717, 1.165) is 11.0 Å². The normalized spacial score (nSPS) is 12.9. The predicted octanol–water partition coefficient (Wildman–Crippen LogP) is 3.09. The Morgan fingerprint density at radius 3 is 2.92 bits per heavy atom. The zero-order valence-corrected chi connectivity index (χ0v) is 13.2. The van der Waals surface area contributed by atoms with E-state index in [1.54, 1.807) is 18.2 Å². The molecule has 0 fully saturated rings. The first-order chi connectivity index (χ1) is 12.2. The largest absolute Gasteiger partial charge is 0.482 e. The third kappa shape index (κ3) is 3.25. The van der Waals surface area contributed by atoms with Gasteiger partial charge in [0.15, 0.2) is 6.61 Å². The zero-order chi connectivity index (χ0) is 17.2. The third-order valence-electron chi connectivity index (χ3n) is 3.77. The first kappa shape index (κ1) is 15.1. The Bertz CT molecular complexity index is 931. The van der Waals surface area contributed by atoms with Crippen molar-refractivity contribution in [2.45, 2.75) is 6.54 Å². The van der Waals surface area contributed by atoms with Gasteiger partial charge in [0.25, 0.3) is 5.91 Å². The summed E-state index contributed by atoms with van der Waals surface area (Å²) < 4.78 is 11.0. The minimum absolute atomic E-state index is 0.0330. The number of furan rings is 1. The molecule has 7 nitrogen and oxygen atoms in total. The molecule has 126 valence electrons. The number of rotatable bonds is 3. The highest BCUT2D eigenvalue weighted by molar-refractivity contribution is 5.96. The molecule has 1 aromatic heterocycles. The van der Waals surface area contributed by atoms with Crippen LogP contribution in [0.4, 0.5) is 16.2 Å². The average Bonchev–Trinajstić information content (AvgIpc) is 3.03. The van der Waals surface area contributed by atoms with E-state index in [0.29, 0.717) is 22.9 Å². The molecule has 1 aliphatic rings. The topological polar surface area (TPSA) is 92.6 Å². The molecule has 3 aromatic rings. The molecule has 2 aromatic carbocycles. The summed E-state index contributed by atoms with van der Waals surface area (Å²) in [6.45, 7) is 0.243. The molecule has 3 N–H and O–H groups in total. The lowest BCUT2D eigenvalue weighted by molar-refractivity contribution is -0.118. The van der Waals surface area contributed by atoms with Gasteiger partial charge in [-0.1, -0.05) is 18.2 Å². The monoisotopic (exact) mass is 337 g/mol. The van der Waals surface area contributed by atoms with Gasteiger partial charge >= 0.3 is 6.03 Å². The van der Waals surface area contributed by atoms with E-state index in [4.69, 9.17) is 9.15 Å². The summed E-state index contributed by atoms with van der Waals surface area (Å²) in [4.78, 5) is 23.3. The van der Waals surface area contributed by atoms with E-state index in [1.165, 1.54) is 0 Å². The molecule has 0 saturated carbocycles. The second kappa shape index (κ2) is 6.20. The first-order valence-corrected chi connectivity index (χ1v) is 7.76. The number of hydrogen-bond acceptors (Lipinski definition) is 4. The van der Waals surface area contributed by atoms with Crippen molar-refractivity contribution in [2.24, 2.45) is 0 Å². The van der Waals surface area contributed by atoms with Crippen LogP contribution in [-0.4, -0.2) is 18.5 Å². The molecule has 0 radical (unpaired) electrons. The lowest BCUT2D eigenvalue weighted by Gasteiger charge is -2.18. The minimum Gasteiger partial charge on any atom is -0.482 e. The molecule has 0 atom stereocenters. The van der Waals surface area contributed by atoms with Gasteiger partial charge in [0.05, 0.1) is 12.2 Å². The minimum atomic E-state index is -0.361. The Morgan fingerprint density at radius 2 is 2.04 bits per heavy atom. The van der Waals surface area contributed by atoms with E-state index in [1.807, 2.05) is 30.3 Å². The molecule has 0 bridgehead atoms. The van der Waals surface area contributed by atoms with Crippen LogP contribution in [0.25, 0.3) is 11.0 Å². The maximum absolute atomic E-state index is 12.0. The number of urea groups is 1. The van der Waals surface area contributed by atoms with Crippen LogP contribution in [0, 0.1) is 0 Å². The van der Waals surface area contributed by atoms with Gasteiger partial charge in [0, 0.05) is 17.1 Å². The summed E-state index contributed by atoms with van der Waals surface area (Å²) in [6, 6.07) is 14.2. The van der Waals surface area contributed by atoms with Crippen molar-refractivity contribution in [1.82, 2.24) is 5.32 Å². The smallest absolute Gasteiger partial charge is 0.319 e. The molecular weight excluding hydrogens is 322 g/mol. The van der Waals surface area contributed by atoms with E-state index in [-0.39, 0.29) is 25.1 Å². The summed E-state index contributed by atoms with van der Waals surface area (Å²) in [7, 11) is 0. The van der Waals surface area contributed by atoms with Crippen molar-refractivity contribution >= 4 is 34.3 Å². The maximum atomic E-state index is 12.0. The fourth-order valence-electron chi connectivity index (χ4n) is 2.62. The molecule has 25 heavy (non-hydrogen) atoms. The van der Waals surface area contributed by atoms with Gasteiger partial charge in [0.2, 0.25) is 0 Å². The Balaban J connectivity index is 1.38. The van der Waals surface area contributed by atoms with E-state index in [9.17, 15) is 9.59 Å². The summed E-state index contributed by atoms with van der Waals surface area (Å²) in [6.07, 6.45) is 0. The standard InChI is InChI=1S/C18H15N3O4/c22-17-10-24-16-8-12(5-6-14(16)21-17)20-18(23)19-9-13-7-11-3-1-2-4-15(11)25-13/h1-8H,9-10H2,(H,21,22)(H2,19,20,23). The van der Waals surface area contributed by atoms with Crippen LogP contribution in [-0.2, 0) is 11.3 Å². The summed E-state index contributed by atoms with van der Waals surface area (Å²) >= 11 is 0. The van der Waals surface area contributed by atoms with Crippen molar-refractivity contribution in [1.29, 1.82) is 0 Å². The van der Waals surface area contributed by atoms with Crippen LogP contribution in [0.3, 0.4) is 0 Å². The van der Waals surface area contributed by atoms with Gasteiger partial charge in [-0.25, -0.2) is 4.79 Å². The SMILES string of the molecule is O=C1COc2cc(NC(=O)NCc3cc4ccccc4o3)ccc2N1. The molecule has 1 aliphatic heterocycles. The van der Waals surface area contributed by atoms with Crippen molar-refractivity contribution in [3.63, 3.8) is 0 Å². The van der Waals surface area contributed by atoms with Crippen LogP contribution in [0.1, 0.15) is 5.76 Å². The molecule has 0 saturated heterocycles. The van der Waals surface area contributed by atoms with Gasteiger partial charge in [-0.2, -0.15) is 0 Å². The lowest BCUT2D eigenvalue weighted by Crippen LogP contribution is -2.28. The molecular formula is C18H15N3O4. The van der Waals surface area contributed by atoms with E-state index < -0.39 is 0 Å². The number of ether oxygens (including phenoxy) is 1. The summed E-state index contributed by atoms with van der Waals surface area (Å²) in [5.41, 5.74) is 1.94. The van der Waals surface area contributed by atoms with Crippen LogP contribution >= 0.6 is 0 Å². The predicted molar refractivity (Wildman–Crippen MR) is 92.6 cm³/mol. The van der Waals surface area contributed by atoms with Crippen LogP contribution < -0.4 is 20.7 Å². The van der Waals surface area contributed by atoms with E-state index >= 15 is 0 Å². The average molecular weight is 337 g/mol. The van der Waals surface area contributed by atoms with Crippen molar-refractivity contribution < 1.29 is 18.7 Å².